The van der Waals surface area contributed by atoms with Crippen LogP contribution in [0.1, 0.15) is 38.3 Å². The molecule has 2 amide bonds. The predicted octanol–water partition coefficient (Wildman–Crippen LogP) is 6.42. The van der Waals surface area contributed by atoms with Crippen molar-refractivity contribution in [2.45, 2.75) is 46.2 Å². The summed E-state index contributed by atoms with van der Waals surface area (Å²) in [6, 6.07) is 9.55. The highest BCUT2D eigenvalue weighted by Crippen LogP contribution is 2.26. The van der Waals surface area contributed by atoms with E-state index in [1.54, 1.807) is 41.3 Å². The fourth-order valence-electron chi connectivity index (χ4n) is 3.11. The monoisotopic (exact) mass is 502 g/mol. The zero-order valence-corrected chi connectivity index (χ0v) is 20.7. The van der Waals surface area contributed by atoms with Crippen molar-refractivity contribution >= 4 is 58.2 Å². The fourth-order valence-corrected chi connectivity index (χ4v) is 3.90. The van der Waals surface area contributed by atoms with Crippen molar-refractivity contribution in [3.8, 4) is 0 Å². The lowest BCUT2D eigenvalue weighted by Crippen LogP contribution is -2.50. The number of hydrogen-bond donors (Lipinski definition) is 1. The van der Waals surface area contributed by atoms with Gasteiger partial charge in [0.25, 0.3) is 0 Å². The van der Waals surface area contributed by atoms with Crippen LogP contribution in [0.25, 0.3) is 0 Å². The second kappa shape index (κ2) is 12.0. The van der Waals surface area contributed by atoms with Gasteiger partial charge in [0.05, 0.1) is 16.5 Å². The summed E-state index contributed by atoms with van der Waals surface area (Å²) in [7, 11) is 0. The molecule has 1 unspecified atom stereocenters. The van der Waals surface area contributed by atoms with Gasteiger partial charge in [0, 0.05) is 23.1 Å². The van der Waals surface area contributed by atoms with E-state index in [-0.39, 0.29) is 24.8 Å². The van der Waals surface area contributed by atoms with Crippen LogP contribution in [0.5, 0.6) is 0 Å². The Morgan fingerprint density at radius 2 is 1.68 bits per heavy atom. The molecule has 2 aromatic rings. The first kappa shape index (κ1) is 25.8. The van der Waals surface area contributed by atoms with Crippen LogP contribution >= 0.6 is 46.4 Å². The Balaban J connectivity index is 2.33. The van der Waals surface area contributed by atoms with Gasteiger partial charge in [0.1, 0.15) is 6.04 Å². The first-order valence-corrected chi connectivity index (χ1v) is 11.6. The Hall–Kier alpha value is -1.46. The molecule has 0 aliphatic heterocycles. The highest BCUT2D eigenvalue weighted by Gasteiger charge is 2.29. The molecular formula is C23H26Cl4N2O2. The average molecular weight is 504 g/mol. The standard InChI is InChI=1S/C23H26Cl4N2O2/c1-4-21(23(31)28-12-14(2)3)29(13-15-5-8-18(25)20(27)9-15)22(30)10-16-6-7-17(24)11-19(16)26/h5-9,11,14,21H,4,10,12-13H2,1-3H3,(H,28,31). The van der Waals surface area contributed by atoms with Crippen LogP contribution < -0.4 is 5.32 Å². The fraction of sp³-hybridized carbons (Fsp3) is 0.391. The zero-order valence-electron chi connectivity index (χ0n) is 17.7. The summed E-state index contributed by atoms with van der Waals surface area (Å²) in [4.78, 5) is 27.8. The molecule has 0 saturated carbocycles. The third-order valence-electron chi connectivity index (χ3n) is 4.76. The van der Waals surface area contributed by atoms with E-state index in [0.717, 1.165) is 5.56 Å². The molecule has 168 valence electrons. The van der Waals surface area contributed by atoms with Crippen LogP contribution in [0.15, 0.2) is 36.4 Å². The molecule has 0 saturated heterocycles. The van der Waals surface area contributed by atoms with E-state index in [1.165, 1.54) is 0 Å². The maximum atomic E-state index is 13.3. The first-order valence-electron chi connectivity index (χ1n) is 10.1. The Bertz CT molecular complexity index is 934. The number of nitrogens with one attached hydrogen (secondary N) is 1. The summed E-state index contributed by atoms with van der Waals surface area (Å²) in [5.74, 6) is -0.109. The average Bonchev–Trinajstić information content (AvgIpc) is 2.70. The van der Waals surface area contributed by atoms with Crippen molar-refractivity contribution in [2.24, 2.45) is 5.92 Å². The number of rotatable bonds is 9. The minimum atomic E-state index is -0.633. The van der Waals surface area contributed by atoms with Gasteiger partial charge in [-0.3, -0.25) is 9.59 Å². The lowest BCUT2D eigenvalue weighted by molar-refractivity contribution is -0.141. The van der Waals surface area contributed by atoms with Crippen molar-refractivity contribution in [1.82, 2.24) is 10.2 Å². The van der Waals surface area contributed by atoms with E-state index in [0.29, 0.717) is 44.5 Å². The molecule has 0 spiro atoms. The zero-order chi connectivity index (χ0) is 23.1. The molecule has 2 aromatic carbocycles. The smallest absolute Gasteiger partial charge is 0.242 e. The van der Waals surface area contributed by atoms with Crippen LogP contribution in [0.3, 0.4) is 0 Å². The van der Waals surface area contributed by atoms with Crippen molar-refractivity contribution in [3.05, 3.63) is 67.6 Å². The molecule has 0 heterocycles. The van der Waals surface area contributed by atoms with Gasteiger partial charge in [0.15, 0.2) is 0 Å². The molecule has 0 bridgehead atoms. The molecule has 0 aliphatic carbocycles. The van der Waals surface area contributed by atoms with Gasteiger partial charge in [-0.15, -0.1) is 0 Å². The molecule has 4 nitrogen and oxygen atoms in total. The van der Waals surface area contributed by atoms with Gasteiger partial charge in [-0.25, -0.2) is 0 Å². The largest absolute Gasteiger partial charge is 0.354 e. The summed E-state index contributed by atoms with van der Waals surface area (Å²) in [5.41, 5.74) is 1.42. The van der Waals surface area contributed by atoms with Crippen LogP contribution in [-0.4, -0.2) is 29.3 Å². The van der Waals surface area contributed by atoms with Crippen LogP contribution in [0.4, 0.5) is 0 Å². The van der Waals surface area contributed by atoms with E-state index in [1.807, 2.05) is 20.8 Å². The summed E-state index contributed by atoms with van der Waals surface area (Å²) in [6.45, 7) is 6.66. The van der Waals surface area contributed by atoms with Gasteiger partial charge in [-0.05, 0) is 47.7 Å². The maximum absolute atomic E-state index is 13.3. The third-order valence-corrected chi connectivity index (χ3v) is 6.09. The lowest BCUT2D eigenvalue weighted by atomic mass is 10.1. The van der Waals surface area contributed by atoms with E-state index in [2.05, 4.69) is 5.32 Å². The summed E-state index contributed by atoms with van der Waals surface area (Å²) in [5, 5.41) is 4.66. The van der Waals surface area contributed by atoms with Crippen molar-refractivity contribution in [2.75, 3.05) is 6.54 Å². The maximum Gasteiger partial charge on any atom is 0.242 e. The van der Waals surface area contributed by atoms with Crippen molar-refractivity contribution in [3.63, 3.8) is 0 Å². The summed E-state index contributed by atoms with van der Waals surface area (Å²) in [6.07, 6.45) is 0.511. The van der Waals surface area contributed by atoms with Crippen LogP contribution in [0.2, 0.25) is 20.1 Å². The number of carbonyl (C=O) groups is 2. The number of nitrogens with zero attached hydrogens (tertiary/aromatic N) is 1. The molecule has 0 aliphatic rings. The third kappa shape index (κ3) is 7.57. The molecule has 2 rings (SSSR count). The second-order valence-corrected chi connectivity index (χ2v) is 9.40. The second-order valence-electron chi connectivity index (χ2n) is 7.75. The lowest BCUT2D eigenvalue weighted by Gasteiger charge is -2.31. The molecule has 0 aromatic heterocycles. The van der Waals surface area contributed by atoms with Gasteiger partial charge >= 0.3 is 0 Å². The number of halogens is 4. The van der Waals surface area contributed by atoms with Crippen LogP contribution in [-0.2, 0) is 22.6 Å². The highest BCUT2D eigenvalue weighted by molar-refractivity contribution is 6.42. The highest BCUT2D eigenvalue weighted by atomic mass is 35.5. The molecule has 1 N–H and O–H groups in total. The van der Waals surface area contributed by atoms with Gasteiger partial charge < -0.3 is 10.2 Å². The van der Waals surface area contributed by atoms with Crippen LogP contribution in [0, 0.1) is 5.92 Å². The predicted molar refractivity (Wildman–Crippen MR) is 129 cm³/mol. The Morgan fingerprint density at radius 3 is 2.26 bits per heavy atom. The molecule has 0 radical (unpaired) electrons. The quantitative estimate of drug-likeness (QED) is 0.429. The van der Waals surface area contributed by atoms with Gasteiger partial charge in [0.2, 0.25) is 11.8 Å². The normalized spacial score (nSPS) is 12.0. The van der Waals surface area contributed by atoms with E-state index in [4.69, 9.17) is 46.4 Å². The number of benzene rings is 2. The summed E-state index contributed by atoms with van der Waals surface area (Å²) >= 11 is 24.4. The van der Waals surface area contributed by atoms with E-state index < -0.39 is 6.04 Å². The molecule has 1 atom stereocenters. The molecule has 31 heavy (non-hydrogen) atoms. The molecular weight excluding hydrogens is 478 g/mol. The Kier molecular flexibility index (Phi) is 9.95. The van der Waals surface area contributed by atoms with Gasteiger partial charge in [-0.2, -0.15) is 0 Å². The van der Waals surface area contributed by atoms with E-state index >= 15 is 0 Å². The number of carbonyl (C=O) groups excluding carboxylic acids is 2. The number of amides is 2. The molecule has 0 fully saturated rings. The molecule has 8 heteroatoms. The topological polar surface area (TPSA) is 49.4 Å². The first-order chi connectivity index (χ1) is 14.6. The van der Waals surface area contributed by atoms with Crippen molar-refractivity contribution in [1.29, 1.82) is 0 Å². The minimum absolute atomic E-state index is 0.0469. The summed E-state index contributed by atoms with van der Waals surface area (Å²) < 4.78 is 0. The Labute approximate surface area is 203 Å². The minimum Gasteiger partial charge on any atom is -0.354 e. The van der Waals surface area contributed by atoms with E-state index in [9.17, 15) is 9.59 Å². The Morgan fingerprint density at radius 1 is 0.968 bits per heavy atom. The number of hydrogen-bond acceptors (Lipinski definition) is 2. The van der Waals surface area contributed by atoms with Crippen molar-refractivity contribution < 1.29 is 9.59 Å². The van der Waals surface area contributed by atoms with Gasteiger partial charge in [-0.1, -0.05) is 79.3 Å². The SMILES string of the molecule is CCC(C(=O)NCC(C)C)N(Cc1ccc(Cl)c(Cl)c1)C(=O)Cc1ccc(Cl)cc1Cl.